The number of hydrogen-bond donors (Lipinski definition) is 0. The molecule has 0 atom stereocenters. The van der Waals surface area contributed by atoms with E-state index in [9.17, 15) is 0 Å². The van der Waals surface area contributed by atoms with Crippen molar-refractivity contribution in [3.8, 4) is 51.0 Å². The Morgan fingerprint density at radius 3 is 1.91 bits per heavy atom. The number of para-hydroxylation sites is 2. The summed E-state index contributed by atoms with van der Waals surface area (Å²) in [4.78, 5) is 17.2. The van der Waals surface area contributed by atoms with Gasteiger partial charge >= 0.3 is 0 Å². The highest BCUT2D eigenvalue weighted by Crippen LogP contribution is 2.37. The van der Waals surface area contributed by atoms with E-state index < -0.39 is 0 Å². The van der Waals surface area contributed by atoms with Gasteiger partial charge in [-0.2, -0.15) is 4.80 Å². The van der Waals surface area contributed by atoms with Crippen molar-refractivity contribution in [2.75, 3.05) is 0 Å². The number of hydrogen-bond acceptors (Lipinski definition) is 6. The van der Waals surface area contributed by atoms with Crippen molar-refractivity contribution in [3.63, 3.8) is 0 Å². The molecule has 0 unspecified atom stereocenters. The van der Waals surface area contributed by atoms with Gasteiger partial charge in [0.25, 0.3) is 0 Å². The highest BCUT2D eigenvalue weighted by molar-refractivity contribution is 6.18. The topological polar surface area (TPSA) is 82.5 Å². The van der Waals surface area contributed by atoms with Gasteiger partial charge in [-0.3, -0.25) is 0 Å². The highest BCUT2D eigenvalue weighted by Gasteiger charge is 2.18. The molecule has 3 aromatic heterocycles. The standard InChI is InChI=1S/C47H28N6O/c1-3-11-29(12-4-1)35-15-7-8-17-38(35)47-49-45(48-46(50-47)33-23-26-42-39(28-33)37-16-9-10-18-41(37)54-42)32-21-24-36-31(27-32)20-19-30-22-25-40-44(43(30)36)52-53(51-40)34-13-5-2-6-14-34/h1-28H. The summed E-state index contributed by atoms with van der Waals surface area (Å²) in [7, 11) is 0. The number of rotatable bonds is 5. The minimum absolute atomic E-state index is 0.586. The molecule has 252 valence electrons. The molecular weight excluding hydrogens is 665 g/mol. The third-order valence-corrected chi connectivity index (χ3v) is 10.1. The fourth-order valence-corrected chi connectivity index (χ4v) is 7.51. The first-order valence-electron chi connectivity index (χ1n) is 17.8. The molecule has 0 spiro atoms. The van der Waals surface area contributed by atoms with Crippen LogP contribution in [0.4, 0.5) is 0 Å². The summed E-state index contributed by atoms with van der Waals surface area (Å²) in [6.45, 7) is 0. The van der Waals surface area contributed by atoms with E-state index >= 15 is 0 Å². The van der Waals surface area contributed by atoms with E-state index in [-0.39, 0.29) is 0 Å². The Labute approximate surface area is 308 Å². The summed E-state index contributed by atoms with van der Waals surface area (Å²) in [6, 6.07) is 57.7. The number of benzene rings is 8. The SMILES string of the molecule is c1ccc(-c2ccccc2-c2nc(-c3ccc4c(ccc5ccc6nn(-c7ccccc7)nc6c54)c3)nc(-c3ccc4oc5ccccc5c4c3)n2)cc1. The van der Waals surface area contributed by atoms with Crippen LogP contribution < -0.4 is 0 Å². The lowest BCUT2D eigenvalue weighted by atomic mass is 9.98. The molecule has 0 N–H and O–H groups in total. The van der Waals surface area contributed by atoms with E-state index in [0.29, 0.717) is 17.5 Å². The summed E-state index contributed by atoms with van der Waals surface area (Å²) in [5.74, 6) is 1.78. The van der Waals surface area contributed by atoms with Gasteiger partial charge in [0, 0.05) is 32.8 Å². The molecule has 8 aromatic carbocycles. The van der Waals surface area contributed by atoms with Gasteiger partial charge in [0.05, 0.1) is 5.69 Å². The first-order chi connectivity index (χ1) is 26.7. The predicted octanol–water partition coefficient (Wildman–Crippen LogP) is 11.5. The summed E-state index contributed by atoms with van der Waals surface area (Å²) in [6.07, 6.45) is 0. The molecule has 0 fully saturated rings. The number of nitrogens with zero attached hydrogens (tertiary/aromatic N) is 6. The minimum Gasteiger partial charge on any atom is -0.456 e. The number of fused-ring (bicyclic) bond motifs is 8. The summed E-state index contributed by atoms with van der Waals surface area (Å²) >= 11 is 0. The van der Waals surface area contributed by atoms with Crippen molar-refractivity contribution < 1.29 is 4.42 Å². The second-order valence-corrected chi connectivity index (χ2v) is 13.4. The highest BCUT2D eigenvalue weighted by atomic mass is 16.3. The van der Waals surface area contributed by atoms with Crippen LogP contribution in [0.25, 0.3) is 105 Å². The first kappa shape index (κ1) is 30.1. The third kappa shape index (κ3) is 4.94. The molecule has 54 heavy (non-hydrogen) atoms. The lowest BCUT2D eigenvalue weighted by Crippen LogP contribution is -2.01. The molecule has 0 bridgehead atoms. The molecule has 11 aromatic rings. The molecular formula is C47H28N6O. The molecule has 7 nitrogen and oxygen atoms in total. The van der Waals surface area contributed by atoms with E-state index in [2.05, 4.69) is 91.0 Å². The van der Waals surface area contributed by atoms with Gasteiger partial charge in [-0.05, 0) is 75.8 Å². The summed E-state index contributed by atoms with van der Waals surface area (Å²) in [5, 5.41) is 16.2. The molecule has 3 heterocycles. The lowest BCUT2D eigenvalue weighted by molar-refractivity contribution is 0.669. The van der Waals surface area contributed by atoms with E-state index in [1.807, 2.05) is 78.9 Å². The largest absolute Gasteiger partial charge is 0.456 e. The molecule has 0 aliphatic heterocycles. The second-order valence-electron chi connectivity index (χ2n) is 13.4. The van der Waals surface area contributed by atoms with Crippen molar-refractivity contribution in [1.82, 2.24) is 29.9 Å². The minimum atomic E-state index is 0.586. The molecule has 0 saturated carbocycles. The van der Waals surface area contributed by atoms with E-state index in [4.69, 9.17) is 29.6 Å². The summed E-state index contributed by atoms with van der Waals surface area (Å²) < 4.78 is 6.15. The van der Waals surface area contributed by atoms with Gasteiger partial charge in [0.2, 0.25) is 0 Å². The van der Waals surface area contributed by atoms with Gasteiger partial charge in [-0.25, -0.2) is 15.0 Å². The fraction of sp³-hybridized carbons (Fsp3) is 0. The average molecular weight is 693 g/mol. The lowest BCUT2D eigenvalue weighted by Gasteiger charge is -2.12. The molecule has 0 aliphatic carbocycles. The Kier molecular flexibility index (Phi) is 6.72. The zero-order valence-electron chi connectivity index (χ0n) is 28.8. The van der Waals surface area contributed by atoms with Gasteiger partial charge in [0.15, 0.2) is 17.5 Å². The van der Waals surface area contributed by atoms with Crippen LogP contribution in [0, 0.1) is 0 Å². The maximum Gasteiger partial charge on any atom is 0.164 e. The van der Waals surface area contributed by atoms with Crippen LogP contribution in [0.5, 0.6) is 0 Å². The zero-order chi connectivity index (χ0) is 35.6. The Balaban J connectivity index is 1.11. The second kappa shape index (κ2) is 12.0. The van der Waals surface area contributed by atoms with Gasteiger partial charge in [0.1, 0.15) is 22.2 Å². The van der Waals surface area contributed by atoms with Crippen LogP contribution >= 0.6 is 0 Å². The van der Waals surface area contributed by atoms with E-state index in [1.165, 1.54) is 0 Å². The molecule has 7 heteroatoms. The van der Waals surface area contributed by atoms with Crippen LogP contribution in [0.15, 0.2) is 174 Å². The van der Waals surface area contributed by atoms with Crippen molar-refractivity contribution in [1.29, 1.82) is 0 Å². The maximum atomic E-state index is 6.15. The van der Waals surface area contributed by atoms with E-state index in [1.54, 1.807) is 4.80 Å². The maximum absolute atomic E-state index is 6.15. The van der Waals surface area contributed by atoms with E-state index in [0.717, 1.165) is 88.0 Å². The number of furan rings is 1. The van der Waals surface area contributed by atoms with Crippen molar-refractivity contribution in [3.05, 3.63) is 170 Å². The predicted molar refractivity (Wildman–Crippen MR) is 216 cm³/mol. The van der Waals surface area contributed by atoms with Crippen LogP contribution in [0.1, 0.15) is 0 Å². The monoisotopic (exact) mass is 692 g/mol. The average Bonchev–Trinajstić information content (AvgIpc) is 3.86. The molecule has 0 radical (unpaired) electrons. The van der Waals surface area contributed by atoms with Crippen LogP contribution in [0.2, 0.25) is 0 Å². The number of aromatic nitrogens is 6. The molecule has 11 rings (SSSR count). The van der Waals surface area contributed by atoms with Crippen molar-refractivity contribution in [2.45, 2.75) is 0 Å². The quantitative estimate of drug-likeness (QED) is 0.167. The molecule has 0 aliphatic rings. The third-order valence-electron chi connectivity index (χ3n) is 10.1. The zero-order valence-corrected chi connectivity index (χ0v) is 28.8. The smallest absolute Gasteiger partial charge is 0.164 e. The Bertz CT molecular complexity index is 3220. The van der Waals surface area contributed by atoms with Gasteiger partial charge in [-0.15, -0.1) is 10.2 Å². The van der Waals surface area contributed by atoms with Crippen LogP contribution in [-0.2, 0) is 0 Å². The first-order valence-corrected chi connectivity index (χ1v) is 17.8. The Hall–Kier alpha value is -7.51. The molecule has 0 amide bonds. The fourth-order valence-electron chi connectivity index (χ4n) is 7.51. The molecule has 0 saturated heterocycles. The Morgan fingerprint density at radius 1 is 0.407 bits per heavy atom. The van der Waals surface area contributed by atoms with Crippen LogP contribution in [0.3, 0.4) is 0 Å². The Morgan fingerprint density at radius 2 is 1.06 bits per heavy atom. The summed E-state index contributed by atoms with van der Waals surface area (Å²) in [5.41, 5.74) is 9.13. The normalized spacial score (nSPS) is 11.7. The van der Waals surface area contributed by atoms with Crippen molar-refractivity contribution in [2.24, 2.45) is 0 Å². The van der Waals surface area contributed by atoms with Gasteiger partial charge in [-0.1, -0.05) is 121 Å². The van der Waals surface area contributed by atoms with Crippen molar-refractivity contribution >= 4 is 54.5 Å². The van der Waals surface area contributed by atoms with Crippen LogP contribution in [-0.4, -0.2) is 29.9 Å². The van der Waals surface area contributed by atoms with Gasteiger partial charge < -0.3 is 4.42 Å².